The lowest BCUT2D eigenvalue weighted by Crippen LogP contribution is -2.42. The highest BCUT2D eigenvalue weighted by atomic mass is 35.5. The largest absolute Gasteiger partial charge is 0.347 e. The number of carbonyl (C=O) groups is 1. The van der Waals surface area contributed by atoms with Crippen LogP contribution in [0.2, 0.25) is 5.02 Å². The van der Waals surface area contributed by atoms with Gasteiger partial charge in [-0.3, -0.25) is 10.2 Å². The first kappa shape index (κ1) is 15.5. The molecule has 0 atom stereocenters. The number of hydrazine groups is 1. The van der Waals surface area contributed by atoms with E-state index in [-0.39, 0.29) is 10.7 Å². The highest BCUT2D eigenvalue weighted by Gasteiger charge is 2.20. The molecule has 0 bridgehead atoms. The smallest absolute Gasteiger partial charge is 0.282 e. The van der Waals surface area contributed by atoms with Gasteiger partial charge in [0.2, 0.25) is 0 Å². The third-order valence-electron chi connectivity index (χ3n) is 2.66. The van der Waals surface area contributed by atoms with E-state index < -0.39 is 26.6 Å². The molecule has 2 aromatic rings. The normalized spacial score (nSPS) is 11.4. The van der Waals surface area contributed by atoms with Crippen LogP contribution in [0.1, 0.15) is 10.5 Å². The molecule has 1 amide bonds. The van der Waals surface area contributed by atoms with Crippen LogP contribution in [0.25, 0.3) is 0 Å². The fraction of sp³-hybridized carbons (Fsp3) is 0.0833. The van der Waals surface area contributed by atoms with E-state index >= 15 is 0 Å². The summed E-state index contributed by atoms with van der Waals surface area (Å²) in [5, 5.41) is -0.156. The second-order valence-electron chi connectivity index (χ2n) is 4.14. The molecule has 0 aliphatic heterocycles. The molecule has 1 aromatic heterocycles. The van der Waals surface area contributed by atoms with E-state index in [1.807, 2.05) is 10.3 Å². The lowest BCUT2D eigenvalue weighted by Gasteiger charge is -2.10. The number of aryl methyl sites for hydroxylation is 1. The van der Waals surface area contributed by atoms with Gasteiger partial charge in [0.25, 0.3) is 15.9 Å². The van der Waals surface area contributed by atoms with E-state index in [1.165, 1.54) is 10.6 Å². The number of benzene rings is 1. The van der Waals surface area contributed by atoms with Crippen LogP contribution >= 0.6 is 11.6 Å². The molecule has 0 saturated heterocycles. The van der Waals surface area contributed by atoms with E-state index in [0.29, 0.717) is 0 Å². The number of rotatable bonds is 4. The van der Waals surface area contributed by atoms with Gasteiger partial charge in [-0.1, -0.05) is 11.6 Å². The zero-order valence-corrected chi connectivity index (χ0v) is 12.4. The molecule has 0 saturated carbocycles. The van der Waals surface area contributed by atoms with Gasteiger partial charge in [-0.15, -0.1) is 4.83 Å². The van der Waals surface area contributed by atoms with Crippen LogP contribution in [0.3, 0.4) is 0 Å². The summed E-state index contributed by atoms with van der Waals surface area (Å²) in [6.07, 6.45) is 1.63. The SMILES string of the molecule is Cn1cccc1C(=O)NNS(=O)(=O)c1cc(F)ccc1Cl. The van der Waals surface area contributed by atoms with Crippen molar-refractivity contribution in [3.63, 3.8) is 0 Å². The minimum Gasteiger partial charge on any atom is -0.347 e. The lowest BCUT2D eigenvalue weighted by molar-refractivity contribution is 0.0937. The average molecular weight is 332 g/mol. The lowest BCUT2D eigenvalue weighted by atomic mass is 10.3. The molecule has 6 nitrogen and oxygen atoms in total. The zero-order valence-electron chi connectivity index (χ0n) is 10.8. The summed E-state index contributed by atoms with van der Waals surface area (Å²) in [7, 11) is -2.54. The molecule has 0 aliphatic rings. The van der Waals surface area contributed by atoms with Gasteiger partial charge in [0.15, 0.2) is 0 Å². The number of nitrogens with one attached hydrogen (secondary N) is 2. The summed E-state index contributed by atoms with van der Waals surface area (Å²) in [5.74, 6) is -1.41. The second kappa shape index (κ2) is 5.84. The van der Waals surface area contributed by atoms with Crippen molar-refractivity contribution in [2.75, 3.05) is 0 Å². The van der Waals surface area contributed by atoms with Crippen LogP contribution in [-0.2, 0) is 17.1 Å². The molecule has 2 rings (SSSR count). The van der Waals surface area contributed by atoms with Crippen molar-refractivity contribution in [1.82, 2.24) is 14.8 Å². The summed E-state index contributed by atoms with van der Waals surface area (Å²) in [6.45, 7) is 0. The molecular formula is C12H11ClFN3O3S. The van der Waals surface area contributed by atoms with E-state index in [4.69, 9.17) is 11.6 Å². The summed E-state index contributed by atoms with van der Waals surface area (Å²) in [4.78, 5) is 13.2. The van der Waals surface area contributed by atoms with Crippen LogP contribution in [0.15, 0.2) is 41.4 Å². The van der Waals surface area contributed by atoms with Gasteiger partial charge in [-0.25, -0.2) is 12.8 Å². The van der Waals surface area contributed by atoms with Crippen LogP contribution in [-0.4, -0.2) is 18.9 Å². The maximum absolute atomic E-state index is 13.1. The summed E-state index contributed by atoms with van der Waals surface area (Å²) in [5.41, 5.74) is 2.29. The van der Waals surface area contributed by atoms with Gasteiger partial charge >= 0.3 is 0 Å². The van der Waals surface area contributed by atoms with E-state index in [1.54, 1.807) is 19.3 Å². The van der Waals surface area contributed by atoms with Crippen LogP contribution in [0, 0.1) is 5.82 Å². The maximum Gasteiger partial charge on any atom is 0.282 e. The van der Waals surface area contributed by atoms with Gasteiger partial charge in [0, 0.05) is 13.2 Å². The minimum atomic E-state index is -4.18. The highest BCUT2D eigenvalue weighted by Crippen LogP contribution is 2.21. The zero-order chi connectivity index (χ0) is 15.6. The van der Waals surface area contributed by atoms with Crippen molar-refractivity contribution in [2.45, 2.75) is 4.90 Å². The molecule has 0 spiro atoms. The third kappa shape index (κ3) is 3.41. The van der Waals surface area contributed by atoms with Crippen molar-refractivity contribution in [3.8, 4) is 0 Å². The molecule has 1 heterocycles. The van der Waals surface area contributed by atoms with E-state index in [9.17, 15) is 17.6 Å². The Balaban J connectivity index is 2.17. The van der Waals surface area contributed by atoms with Crippen LogP contribution in [0.5, 0.6) is 0 Å². The summed E-state index contributed by atoms with van der Waals surface area (Å²) < 4.78 is 38.6. The van der Waals surface area contributed by atoms with Crippen LogP contribution < -0.4 is 10.3 Å². The minimum absolute atomic E-state index is 0.156. The number of carbonyl (C=O) groups excluding carboxylic acids is 1. The fourth-order valence-corrected chi connectivity index (χ4v) is 2.96. The number of hydrogen-bond donors (Lipinski definition) is 2. The Morgan fingerprint density at radius 3 is 2.67 bits per heavy atom. The Morgan fingerprint density at radius 1 is 1.33 bits per heavy atom. The third-order valence-corrected chi connectivity index (χ3v) is 4.39. The molecule has 1 aromatic carbocycles. The van der Waals surface area contributed by atoms with Crippen molar-refractivity contribution >= 4 is 27.5 Å². The maximum atomic E-state index is 13.1. The molecule has 0 aliphatic carbocycles. The Kier molecular flexibility index (Phi) is 4.31. The predicted molar refractivity (Wildman–Crippen MR) is 74.6 cm³/mol. The average Bonchev–Trinajstić information content (AvgIpc) is 2.85. The van der Waals surface area contributed by atoms with Crippen molar-refractivity contribution in [2.24, 2.45) is 7.05 Å². The second-order valence-corrected chi connectivity index (χ2v) is 6.20. The van der Waals surface area contributed by atoms with E-state index in [2.05, 4.69) is 0 Å². The topological polar surface area (TPSA) is 80.2 Å². The molecular weight excluding hydrogens is 321 g/mol. The van der Waals surface area contributed by atoms with Crippen molar-refractivity contribution < 1.29 is 17.6 Å². The molecule has 0 radical (unpaired) electrons. The van der Waals surface area contributed by atoms with Crippen LogP contribution in [0.4, 0.5) is 4.39 Å². The molecule has 0 unspecified atom stereocenters. The van der Waals surface area contributed by atoms with Gasteiger partial charge < -0.3 is 4.57 Å². The monoisotopic (exact) mass is 331 g/mol. The van der Waals surface area contributed by atoms with Gasteiger partial charge in [-0.05, 0) is 30.3 Å². The summed E-state index contributed by atoms with van der Waals surface area (Å²) in [6, 6.07) is 6.05. The number of aromatic nitrogens is 1. The van der Waals surface area contributed by atoms with E-state index in [0.717, 1.165) is 18.2 Å². The quantitative estimate of drug-likeness (QED) is 0.832. The first-order chi connectivity index (χ1) is 9.81. The molecule has 21 heavy (non-hydrogen) atoms. The molecule has 9 heteroatoms. The van der Waals surface area contributed by atoms with Gasteiger partial charge in [0.1, 0.15) is 16.4 Å². The standard InChI is InChI=1S/C12H11ClFN3O3S/c1-17-6-2-3-10(17)12(18)15-16-21(19,20)11-7-8(14)4-5-9(11)13/h2-7,16H,1H3,(H,15,18). The number of nitrogens with zero attached hydrogens (tertiary/aromatic N) is 1. The Bertz CT molecular complexity index is 789. The molecule has 112 valence electrons. The molecule has 2 N–H and O–H groups in total. The number of amides is 1. The first-order valence-electron chi connectivity index (χ1n) is 5.70. The Hall–Kier alpha value is -1.90. The van der Waals surface area contributed by atoms with Gasteiger partial charge in [0.05, 0.1) is 5.02 Å². The molecule has 0 fully saturated rings. The van der Waals surface area contributed by atoms with Gasteiger partial charge in [-0.2, -0.15) is 0 Å². The Morgan fingerprint density at radius 2 is 2.05 bits per heavy atom. The number of sulfonamides is 1. The number of halogens is 2. The number of hydrogen-bond acceptors (Lipinski definition) is 3. The highest BCUT2D eigenvalue weighted by molar-refractivity contribution is 7.89. The fourth-order valence-electron chi connectivity index (χ4n) is 1.61. The predicted octanol–water partition coefficient (Wildman–Crippen LogP) is 1.44. The summed E-state index contributed by atoms with van der Waals surface area (Å²) >= 11 is 5.72. The Labute approximate surface area is 125 Å². The first-order valence-corrected chi connectivity index (χ1v) is 7.56. The van der Waals surface area contributed by atoms with Crippen molar-refractivity contribution in [1.29, 1.82) is 0 Å². The van der Waals surface area contributed by atoms with Crippen molar-refractivity contribution in [3.05, 3.63) is 53.1 Å².